The van der Waals surface area contributed by atoms with Gasteiger partial charge in [-0.1, -0.05) is 0 Å². The summed E-state index contributed by atoms with van der Waals surface area (Å²) in [5.41, 5.74) is 2.58. The molecule has 1 fully saturated rings. The second-order valence-corrected chi connectivity index (χ2v) is 4.61. The summed E-state index contributed by atoms with van der Waals surface area (Å²) in [6.07, 6.45) is 3.61. The van der Waals surface area contributed by atoms with Crippen molar-refractivity contribution < 1.29 is 0 Å². The summed E-state index contributed by atoms with van der Waals surface area (Å²) >= 11 is 0. The highest BCUT2D eigenvalue weighted by molar-refractivity contribution is 5.19. The Kier molecular flexibility index (Phi) is 2.25. The van der Waals surface area contributed by atoms with Crippen LogP contribution in [0.4, 0.5) is 0 Å². The van der Waals surface area contributed by atoms with Gasteiger partial charge in [-0.05, 0) is 26.4 Å². The van der Waals surface area contributed by atoms with Gasteiger partial charge >= 0.3 is 0 Å². The van der Waals surface area contributed by atoms with Crippen LogP contribution >= 0.6 is 0 Å². The van der Waals surface area contributed by atoms with Crippen molar-refractivity contribution in [1.29, 1.82) is 0 Å². The van der Waals surface area contributed by atoms with E-state index in [2.05, 4.69) is 22.2 Å². The Morgan fingerprint density at radius 3 is 3.13 bits per heavy atom. The lowest BCUT2D eigenvalue weighted by Gasteiger charge is -2.16. The zero-order valence-corrected chi connectivity index (χ0v) is 9.21. The molecule has 0 aliphatic carbocycles. The molecule has 3 heterocycles. The zero-order chi connectivity index (χ0) is 10.3. The number of likely N-dealkylation sites (tertiary alicyclic amines) is 1. The van der Waals surface area contributed by atoms with E-state index in [9.17, 15) is 0 Å². The van der Waals surface area contributed by atoms with Gasteiger partial charge in [0.15, 0.2) is 0 Å². The Hall–Kier alpha value is -0.870. The van der Waals surface area contributed by atoms with E-state index in [0.29, 0.717) is 6.04 Å². The fourth-order valence-corrected chi connectivity index (χ4v) is 2.65. The first-order chi connectivity index (χ1) is 7.34. The molecular formula is C11H18N4. The molecule has 1 unspecified atom stereocenters. The van der Waals surface area contributed by atoms with Gasteiger partial charge in [-0.25, -0.2) is 4.98 Å². The lowest BCUT2D eigenvalue weighted by atomic mass is 10.2. The molecule has 4 nitrogen and oxygen atoms in total. The highest BCUT2D eigenvalue weighted by Gasteiger charge is 2.26. The molecule has 4 heteroatoms. The minimum absolute atomic E-state index is 0.524. The molecule has 2 aliphatic heterocycles. The van der Waals surface area contributed by atoms with Crippen LogP contribution in [0.25, 0.3) is 0 Å². The summed E-state index contributed by atoms with van der Waals surface area (Å²) in [7, 11) is 2.19. The number of aromatic nitrogens is 2. The summed E-state index contributed by atoms with van der Waals surface area (Å²) in [5.74, 6) is 1.18. The Labute approximate surface area is 90.1 Å². The van der Waals surface area contributed by atoms with Gasteiger partial charge in [-0.15, -0.1) is 0 Å². The maximum atomic E-state index is 4.75. The average molecular weight is 206 g/mol. The highest BCUT2D eigenvalue weighted by Crippen LogP contribution is 2.29. The smallest absolute Gasteiger partial charge is 0.124 e. The summed E-state index contributed by atoms with van der Waals surface area (Å²) in [6, 6.07) is 0.524. The van der Waals surface area contributed by atoms with Crippen LogP contribution in [0.2, 0.25) is 0 Å². The summed E-state index contributed by atoms with van der Waals surface area (Å²) in [6.45, 7) is 3.23. The maximum absolute atomic E-state index is 4.75. The SMILES string of the molecule is CN1CCCC1c1nc2c([nH]1)CNCC2. The van der Waals surface area contributed by atoms with Crippen molar-refractivity contribution >= 4 is 0 Å². The molecule has 1 aromatic heterocycles. The van der Waals surface area contributed by atoms with Crippen molar-refractivity contribution in [3.8, 4) is 0 Å². The van der Waals surface area contributed by atoms with Crippen molar-refractivity contribution in [2.24, 2.45) is 0 Å². The Balaban J connectivity index is 1.88. The zero-order valence-electron chi connectivity index (χ0n) is 9.21. The molecule has 0 bridgehead atoms. The molecule has 15 heavy (non-hydrogen) atoms. The predicted octanol–water partition coefficient (Wildman–Crippen LogP) is 0.822. The van der Waals surface area contributed by atoms with Crippen LogP contribution in [0.15, 0.2) is 0 Å². The van der Waals surface area contributed by atoms with Crippen LogP contribution in [0, 0.1) is 0 Å². The van der Waals surface area contributed by atoms with Gasteiger partial charge in [0.2, 0.25) is 0 Å². The van der Waals surface area contributed by atoms with Gasteiger partial charge in [0.25, 0.3) is 0 Å². The second-order valence-electron chi connectivity index (χ2n) is 4.61. The molecule has 82 valence electrons. The number of imidazole rings is 1. The molecule has 3 rings (SSSR count). The van der Waals surface area contributed by atoms with Gasteiger partial charge in [0.05, 0.1) is 17.4 Å². The minimum atomic E-state index is 0.524. The quantitative estimate of drug-likeness (QED) is 0.715. The van der Waals surface area contributed by atoms with Crippen molar-refractivity contribution in [1.82, 2.24) is 20.2 Å². The van der Waals surface area contributed by atoms with Crippen molar-refractivity contribution in [3.63, 3.8) is 0 Å². The minimum Gasteiger partial charge on any atom is -0.343 e. The molecule has 2 N–H and O–H groups in total. The number of aromatic amines is 1. The lowest BCUT2D eigenvalue weighted by Crippen LogP contribution is -2.23. The van der Waals surface area contributed by atoms with E-state index in [1.807, 2.05) is 0 Å². The predicted molar refractivity (Wildman–Crippen MR) is 58.6 cm³/mol. The van der Waals surface area contributed by atoms with E-state index in [1.165, 1.54) is 36.6 Å². The summed E-state index contributed by atoms with van der Waals surface area (Å²) in [4.78, 5) is 10.6. The van der Waals surface area contributed by atoms with E-state index in [1.54, 1.807) is 0 Å². The van der Waals surface area contributed by atoms with Crippen molar-refractivity contribution in [2.75, 3.05) is 20.1 Å². The summed E-state index contributed by atoms with van der Waals surface area (Å²) in [5, 5.41) is 3.37. The van der Waals surface area contributed by atoms with Crippen LogP contribution in [0.1, 0.15) is 36.1 Å². The number of hydrogen-bond acceptors (Lipinski definition) is 3. The Morgan fingerprint density at radius 2 is 2.40 bits per heavy atom. The van der Waals surface area contributed by atoms with Gasteiger partial charge in [-0.3, -0.25) is 4.90 Å². The van der Waals surface area contributed by atoms with Crippen molar-refractivity contribution in [3.05, 3.63) is 17.2 Å². The number of H-pyrrole nitrogens is 1. The molecule has 1 atom stereocenters. The largest absolute Gasteiger partial charge is 0.343 e. The van der Waals surface area contributed by atoms with Gasteiger partial charge in [0.1, 0.15) is 5.82 Å². The fourth-order valence-electron chi connectivity index (χ4n) is 2.65. The van der Waals surface area contributed by atoms with Gasteiger partial charge < -0.3 is 10.3 Å². The Bertz CT molecular complexity index is 334. The third kappa shape index (κ3) is 1.58. The monoisotopic (exact) mass is 206 g/mol. The second kappa shape index (κ2) is 3.61. The number of fused-ring (bicyclic) bond motifs is 1. The average Bonchev–Trinajstić information content (AvgIpc) is 2.82. The van der Waals surface area contributed by atoms with Crippen LogP contribution < -0.4 is 5.32 Å². The van der Waals surface area contributed by atoms with Gasteiger partial charge in [0, 0.05) is 19.5 Å². The van der Waals surface area contributed by atoms with E-state index in [4.69, 9.17) is 4.98 Å². The maximum Gasteiger partial charge on any atom is 0.124 e. The first-order valence-corrected chi connectivity index (χ1v) is 5.83. The molecule has 1 saturated heterocycles. The topological polar surface area (TPSA) is 44.0 Å². The lowest BCUT2D eigenvalue weighted by molar-refractivity contribution is 0.307. The third-order valence-electron chi connectivity index (χ3n) is 3.56. The first kappa shape index (κ1) is 9.36. The van der Waals surface area contributed by atoms with Crippen LogP contribution in [-0.2, 0) is 13.0 Å². The molecule has 2 aliphatic rings. The van der Waals surface area contributed by atoms with Gasteiger partial charge in [-0.2, -0.15) is 0 Å². The van der Waals surface area contributed by atoms with E-state index in [0.717, 1.165) is 19.5 Å². The molecule has 0 radical (unpaired) electrons. The van der Waals surface area contributed by atoms with E-state index in [-0.39, 0.29) is 0 Å². The third-order valence-corrected chi connectivity index (χ3v) is 3.56. The number of rotatable bonds is 1. The number of nitrogens with one attached hydrogen (secondary N) is 2. The fraction of sp³-hybridized carbons (Fsp3) is 0.727. The van der Waals surface area contributed by atoms with Crippen molar-refractivity contribution in [2.45, 2.75) is 31.8 Å². The number of nitrogens with zero attached hydrogens (tertiary/aromatic N) is 2. The standard InChI is InChI=1S/C11H18N4/c1-15-6-2-3-10(15)11-13-8-4-5-12-7-9(8)14-11/h10,12H,2-7H2,1H3,(H,13,14). The molecule has 0 amide bonds. The normalized spacial score (nSPS) is 26.9. The molecule has 0 spiro atoms. The molecule has 1 aromatic rings. The van der Waals surface area contributed by atoms with E-state index < -0.39 is 0 Å². The van der Waals surface area contributed by atoms with E-state index >= 15 is 0 Å². The van der Waals surface area contributed by atoms with Crippen LogP contribution in [-0.4, -0.2) is 35.0 Å². The molecule has 0 aromatic carbocycles. The Morgan fingerprint density at radius 1 is 1.47 bits per heavy atom. The molecular weight excluding hydrogens is 188 g/mol. The molecule has 0 saturated carbocycles. The van der Waals surface area contributed by atoms with Crippen LogP contribution in [0.3, 0.4) is 0 Å². The highest BCUT2D eigenvalue weighted by atomic mass is 15.2. The number of hydrogen-bond donors (Lipinski definition) is 2. The van der Waals surface area contributed by atoms with Crippen LogP contribution in [0.5, 0.6) is 0 Å². The first-order valence-electron chi connectivity index (χ1n) is 5.83. The summed E-state index contributed by atoms with van der Waals surface area (Å²) < 4.78 is 0.